The van der Waals surface area contributed by atoms with E-state index in [1.54, 1.807) is 6.07 Å². The molecule has 0 atom stereocenters. The number of nitrogens with one attached hydrogen (secondary N) is 2. The molecule has 4 rings (SSSR count). The maximum absolute atomic E-state index is 12.3. The van der Waals surface area contributed by atoms with Gasteiger partial charge in [-0.3, -0.25) is 9.69 Å². The van der Waals surface area contributed by atoms with Gasteiger partial charge in [-0.15, -0.1) is 0 Å². The Hall–Kier alpha value is -2.80. The van der Waals surface area contributed by atoms with Crippen LogP contribution in [0.2, 0.25) is 10.0 Å². The number of hydrogen-bond donors (Lipinski definition) is 2. The van der Waals surface area contributed by atoms with E-state index >= 15 is 0 Å². The topological polar surface area (TPSA) is 74.2 Å². The van der Waals surface area contributed by atoms with Gasteiger partial charge in [-0.25, -0.2) is 4.98 Å². The van der Waals surface area contributed by atoms with E-state index in [1.807, 2.05) is 38.1 Å². The third-order valence-corrected chi connectivity index (χ3v) is 6.47. The number of aromatic amines is 1. The molecule has 0 unspecified atom stereocenters. The van der Waals surface area contributed by atoms with Crippen LogP contribution in [0.15, 0.2) is 59.3 Å². The molecule has 2 heterocycles. The fourth-order valence-electron chi connectivity index (χ4n) is 3.81. The van der Waals surface area contributed by atoms with Crippen molar-refractivity contribution < 1.29 is 9.21 Å². The number of rotatable bonds is 10. The normalized spacial score (nSPS) is 11.6. The summed E-state index contributed by atoms with van der Waals surface area (Å²) in [6, 6.07) is 13.9. The molecule has 178 valence electrons. The van der Waals surface area contributed by atoms with Gasteiger partial charge in [0.25, 0.3) is 5.91 Å². The van der Waals surface area contributed by atoms with Crippen molar-refractivity contribution in [1.82, 2.24) is 20.2 Å². The standard InChI is InChI=1S/C26H28Cl2N4O2/c1-17(2)12-30-26(33)23-16-34-24(31-23)15-32(14-19-6-5-8-21(27)25(19)28)11-10-18-13-29-22-9-4-3-7-20(18)22/h3-9,13,16-17,29H,10-12,14-15H2,1-2H3,(H,30,33). The Kier molecular flexibility index (Phi) is 7.93. The van der Waals surface area contributed by atoms with Gasteiger partial charge in [0.15, 0.2) is 5.69 Å². The van der Waals surface area contributed by atoms with Crippen molar-refractivity contribution in [3.8, 4) is 0 Å². The van der Waals surface area contributed by atoms with Crippen molar-refractivity contribution in [2.24, 2.45) is 5.92 Å². The molecule has 4 aromatic rings. The lowest BCUT2D eigenvalue weighted by Gasteiger charge is -2.21. The molecule has 2 N–H and O–H groups in total. The molecule has 0 bridgehead atoms. The fraction of sp³-hybridized carbons (Fsp3) is 0.308. The zero-order valence-corrected chi connectivity index (χ0v) is 20.8. The monoisotopic (exact) mass is 498 g/mol. The van der Waals surface area contributed by atoms with E-state index in [-0.39, 0.29) is 11.6 Å². The number of amides is 1. The summed E-state index contributed by atoms with van der Waals surface area (Å²) in [5.74, 6) is 0.608. The van der Waals surface area contributed by atoms with Gasteiger partial charge in [0.2, 0.25) is 5.89 Å². The molecule has 34 heavy (non-hydrogen) atoms. The van der Waals surface area contributed by atoms with Gasteiger partial charge in [0.05, 0.1) is 16.6 Å². The smallest absolute Gasteiger partial charge is 0.273 e. The van der Waals surface area contributed by atoms with Crippen molar-refractivity contribution in [2.75, 3.05) is 13.1 Å². The van der Waals surface area contributed by atoms with Crippen LogP contribution in [-0.2, 0) is 19.5 Å². The highest BCUT2D eigenvalue weighted by molar-refractivity contribution is 6.42. The van der Waals surface area contributed by atoms with Crippen molar-refractivity contribution in [3.05, 3.63) is 87.7 Å². The van der Waals surface area contributed by atoms with E-state index in [0.29, 0.717) is 41.5 Å². The quantitative estimate of drug-likeness (QED) is 0.277. The average molecular weight is 499 g/mol. The van der Waals surface area contributed by atoms with Crippen LogP contribution in [0.25, 0.3) is 10.9 Å². The number of halogens is 2. The van der Waals surface area contributed by atoms with Crippen LogP contribution in [-0.4, -0.2) is 33.9 Å². The molecule has 6 nitrogen and oxygen atoms in total. The Balaban J connectivity index is 1.50. The van der Waals surface area contributed by atoms with Crippen molar-refractivity contribution in [1.29, 1.82) is 0 Å². The molecular formula is C26H28Cl2N4O2. The Morgan fingerprint density at radius 1 is 1.12 bits per heavy atom. The highest BCUT2D eigenvalue weighted by Crippen LogP contribution is 2.27. The van der Waals surface area contributed by atoms with E-state index in [4.69, 9.17) is 27.6 Å². The average Bonchev–Trinajstić information content (AvgIpc) is 3.46. The number of H-pyrrole nitrogens is 1. The van der Waals surface area contributed by atoms with Gasteiger partial charge in [-0.05, 0) is 35.6 Å². The summed E-state index contributed by atoms with van der Waals surface area (Å²) in [7, 11) is 0. The van der Waals surface area contributed by atoms with Crippen LogP contribution in [0.3, 0.4) is 0 Å². The van der Waals surface area contributed by atoms with Gasteiger partial charge in [0, 0.05) is 36.7 Å². The highest BCUT2D eigenvalue weighted by Gasteiger charge is 2.17. The molecule has 2 aromatic carbocycles. The maximum atomic E-state index is 12.3. The van der Waals surface area contributed by atoms with Gasteiger partial charge in [-0.1, -0.05) is 67.4 Å². The Bertz CT molecular complexity index is 1260. The molecule has 0 aliphatic carbocycles. The van der Waals surface area contributed by atoms with Crippen LogP contribution < -0.4 is 5.32 Å². The lowest BCUT2D eigenvalue weighted by molar-refractivity contribution is 0.0944. The summed E-state index contributed by atoms with van der Waals surface area (Å²) in [5, 5.41) is 5.15. The van der Waals surface area contributed by atoms with E-state index in [1.165, 1.54) is 17.2 Å². The second-order valence-electron chi connectivity index (χ2n) is 8.76. The summed E-state index contributed by atoms with van der Waals surface area (Å²) >= 11 is 12.7. The number of carbonyl (C=O) groups is 1. The molecule has 0 aliphatic rings. The Morgan fingerprint density at radius 2 is 1.94 bits per heavy atom. The summed E-state index contributed by atoms with van der Waals surface area (Å²) in [5.41, 5.74) is 3.56. The number of para-hydroxylation sites is 1. The first-order valence-electron chi connectivity index (χ1n) is 11.3. The summed E-state index contributed by atoms with van der Waals surface area (Å²) in [6.07, 6.45) is 4.29. The minimum atomic E-state index is -0.230. The molecule has 0 radical (unpaired) electrons. The lowest BCUT2D eigenvalue weighted by atomic mass is 10.1. The molecular weight excluding hydrogens is 471 g/mol. The van der Waals surface area contributed by atoms with Crippen LogP contribution in [0.4, 0.5) is 0 Å². The molecule has 0 fully saturated rings. The number of aromatic nitrogens is 2. The van der Waals surface area contributed by atoms with Crippen molar-refractivity contribution in [3.63, 3.8) is 0 Å². The maximum Gasteiger partial charge on any atom is 0.273 e. The summed E-state index contributed by atoms with van der Waals surface area (Å²) < 4.78 is 5.64. The highest BCUT2D eigenvalue weighted by atomic mass is 35.5. The van der Waals surface area contributed by atoms with Crippen LogP contribution in [0, 0.1) is 5.92 Å². The van der Waals surface area contributed by atoms with Crippen LogP contribution >= 0.6 is 23.2 Å². The van der Waals surface area contributed by atoms with Crippen molar-refractivity contribution in [2.45, 2.75) is 33.4 Å². The third-order valence-electron chi connectivity index (χ3n) is 5.61. The SMILES string of the molecule is CC(C)CNC(=O)c1coc(CN(CCc2c[nH]c3ccccc23)Cc2cccc(Cl)c2Cl)n1. The second-order valence-corrected chi connectivity index (χ2v) is 9.55. The predicted octanol–water partition coefficient (Wildman–Crippen LogP) is 6.09. The molecule has 0 spiro atoms. The van der Waals surface area contributed by atoms with Gasteiger partial charge >= 0.3 is 0 Å². The Morgan fingerprint density at radius 3 is 2.76 bits per heavy atom. The molecule has 1 amide bonds. The zero-order valence-electron chi connectivity index (χ0n) is 19.3. The first kappa shape index (κ1) is 24.3. The molecule has 0 saturated heterocycles. The number of fused-ring (bicyclic) bond motifs is 1. The number of hydrogen-bond acceptors (Lipinski definition) is 4. The minimum Gasteiger partial charge on any atom is -0.447 e. The van der Waals surface area contributed by atoms with Crippen LogP contribution in [0.1, 0.15) is 41.4 Å². The van der Waals surface area contributed by atoms with E-state index in [0.717, 1.165) is 24.0 Å². The number of nitrogens with zero attached hydrogens (tertiary/aromatic N) is 2. The minimum absolute atomic E-state index is 0.230. The van der Waals surface area contributed by atoms with E-state index in [9.17, 15) is 4.79 Å². The van der Waals surface area contributed by atoms with Gasteiger partial charge in [0.1, 0.15) is 6.26 Å². The lowest BCUT2D eigenvalue weighted by Crippen LogP contribution is -2.28. The predicted molar refractivity (Wildman–Crippen MR) is 136 cm³/mol. The van der Waals surface area contributed by atoms with Crippen molar-refractivity contribution >= 4 is 40.0 Å². The van der Waals surface area contributed by atoms with Gasteiger partial charge in [-0.2, -0.15) is 0 Å². The fourth-order valence-corrected chi connectivity index (χ4v) is 4.19. The van der Waals surface area contributed by atoms with Crippen LogP contribution in [0.5, 0.6) is 0 Å². The molecule has 8 heteroatoms. The molecule has 0 aliphatic heterocycles. The number of oxazole rings is 1. The first-order valence-corrected chi connectivity index (χ1v) is 12.1. The molecule has 0 saturated carbocycles. The zero-order chi connectivity index (χ0) is 24.1. The molecule has 2 aromatic heterocycles. The largest absolute Gasteiger partial charge is 0.447 e. The third kappa shape index (κ3) is 6.00. The summed E-state index contributed by atoms with van der Waals surface area (Å²) in [4.78, 5) is 22.3. The summed E-state index contributed by atoms with van der Waals surface area (Å²) in [6.45, 7) is 6.41. The number of carbonyl (C=O) groups excluding carboxylic acids is 1. The number of benzene rings is 2. The Labute approximate surface area is 209 Å². The van der Waals surface area contributed by atoms with Gasteiger partial charge < -0.3 is 14.7 Å². The first-order chi connectivity index (χ1) is 16.4. The second kappa shape index (κ2) is 11.1. The van der Waals surface area contributed by atoms with E-state index < -0.39 is 0 Å². The van der Waals surface area contributed by atoms with E-state index in [2.05, 4.69) is 38.5 Å².